The van der Waals surface area contributed by atoms with E-state index in [2.05, 4.69) is 5.38 Å². The van der Waals surface area contributed by atoms with Crippen molar-refractivity contribution in [1.29, 1.82) is 0 Å². The van der Waals surface area contributed by atoms with E-state index in [1.807, 2.05) is 11.3 Å². The molecular formula is C13H18ClNS. The number of thiazole rings is 1. The monoisotopic (exact) mass is 255 g/mol. The van der Waals surface area contributed by atoms with Crippen molar-refractivity contribution in [1.82, 2.24) is 4.98 Å². The lowest BCUT2D eigenvalue weighted by atomic mass is 9.89. The van der Waals surface area contributed by atoms with Crippen molar-refractivity contribution < 1.29 is 0 Å². The molecule has 3 rings (SSSR count). The van der Waals surface area contributed by atoms with E-state index < -0.39 is 0 Å². The normalized spacial score (nSPS) is 32.4. The molecule has 3 heteroatoms. The van der Waals surface area contributed by atoms with Gasteiger partial charge < -0.3 is 0 Å². The first-order chi connectivity index (χ1) is 7.86. The van der Waals surface area contributed by atoms with Gasteiger partial charge in [0.15, 0.2) is 0 Å². The van der Waals surface area contributed by atoms with Crippen LogP contribution in [0.4, 0.5) is 0 Å². The number of aryl methyl sites for hydroxylation is 1. The second kappa shape index (κ2) is 4.66. The van der Waals surface area contributed by atoms with Crippen molar-refractivity contribution in [3.05, 3.63) is 16.1 Å². The molecule has 0 aromatic carbocycles. The highest BCUT2D eigenvalue weighted by atomic mass is 35.5. The Morgan fingerprint density at radius 1 is 1.38 bits per heavy atom. The van der Waals surface area contributed by atoms with Crippen LogP contribution < -0.4 is 0 Å². The third kappa shape index (κ3) is 2.02. The molecule has 1 aromatic heterocycles. The summed E-state index contributed by atoms with van der Waals surface area (Å²) in [6.07, 6.45) is 7.92. The van der Waals surface area contributed by atoms with Crippen molar-refractivity contribution in [3.63, 3.8) is 0 Å². The van der Waals surface area contributed by atoms with Crippen LogP contribution in [0.5, 0.6) is 0 Å². The zero-order valence-corrected chi connectivity index (χ0v) is 11.1. The average Bonchev–Trinajstić information content (AvgIpc) is 3.01. The van der Waals surface area contributed by atoms with E-state index in [1.165, 1.54) is 36.4 Å². The first kappa shape index (κ1) is 11.0. The number of halogens is 1. The van der Waals surface area contributed by atoms with Crippen LogP contribution in [0.25, 0.3) is 0 Å². The molecule has 3 atom stereocenters. The van der Waals surface area contributed by atoms with Gasteiger partial charge in [-0.1, -0.05) is 6.42 Å². The molecule has 2 fully saturated rings. The molecule has 2 saturated carbocycles. The number of nitrogens with zero attached hydrogens (tertiary/aromatic N) is 1. The van der Waals surface area contributed by atoms with Crippen LogP contribution in [0.2, 0.25) is 0 Å². The van der Waals surface area contributed by atoms with Crippen LogP contribution in [-0.4, -0.2) is 10.9 Å². The second-order valence-electron chi connectivity index (χ2n) is 5.25. The Labute approximate surface area is 106 Å². The molecule has 16 heavy (non-hydrogen) atoms. The maximum atomic E-state index is 5.71. The Morgan fingerprint density at radius 2 is 2.31 bits per heavy atom. The van der Waals surface area contributed by atoms with Crippen LogP contribution >= 0.6 is 22.9 Å². The predicted octanol–water partition coefficient (Wildman–Crippen LogP) is 4.22. The SMILES string of the molecule is ClCCCc1csc(C2CC3CCC2C3)n1. The van der Waals surface area contributed by atoms with Gasteiger partial charge in [0.1, 0.15) is 0 Å². The molecule has 1 nitrogen and oxygen atoms in total. The quantitative estimate of drug-likeness (QED) is 0.735. The maximum absolute atomic E-state index is 5.71. The van der Waals surface area contributed by atoms with Gasteiger partial charge in [-0.3, -0.25) is 0 Å². The van der Waals surface area contributed by atoms with Crippen molar-refractivity contribution in [3.8, 4) is 0 Å². The fourth-order valence-corrected chi connectivity index (χ4v) is 4.60. The smallest absolute Gasteiger partial charge is 0.0962 e. The van der Waals surface area contributed by atoms with Gasteiger partial charge >= 0.3 is 0 Å². The lowest BCUT2D eigenvalue weighted by Gasteiger charge is -2.18. The highest BCUT2D eigenvalue weighted by Gasteiger charge is 2.41. The van der Waals surface area contributed by atoms with Gasteiger partial charge in [-0.05, 0) is 43.9 Å². The van der Waals surface area contributed by atoms with Crippen LogP contribution in [0.15, 0.2) is 5.38 Å². The lowest BCUT2D eigenvalue weighted by molar-refractivity contribution is 0.418. The van der Waals surface area contributed by atoms with E-state index in [4.69, 9.17) is 16.6 Å². The summed E-state index contributed by atoms with van der Waals surface area (Å²) in [5, 5.41) is 3.66. The van der Waals surface area contributed by atoms with Gasteiger partial charge in [0.05, 0.1) is 10.7 Å². The standard InChI is InChI=1S/C13H18ClNS/c14-5-1-2-11-8-16-13(15-11)12-7-9-3-4-10(12)6-9/h8-10,12H,1-7H2. The molecule has 0 radical (unpaired) electrons. The third-order valence-corrected chi connectivity index (χ3v) is 5.48. The highest BCUT2D eigenvalue weighted by Crippen LogP contribution is 2.53. The third-order valence-electron chi connectivity index (χ3n) is 4.19. The Balaban J connectivity index is 1.68. The number of hydrogen-bond acceptors (Lipinski definition) is 2. The van der Waals surface area contributed by atoms with E-state index in [0.29, 0.717) is 0 Å². The number of alkyl halides is 1. The minimum Gasteiger partial charge on any atom is -0.246 e. The molecule has 0 N–H and O–H groups in total. The summed E-state index contributed by atoms with van der Waals surface area (Å²) in [5.41, 5.74) is 1.27. The van der Waals surface area contributed by atoms with Crippen molar-refractivity contribution in [2.24, 2.45) is 11.8 Å². The Kier molecular flexibility index (Phi) is 3.21. The molecule has 2 bridgehead atoms. The van der Waals surface area contributed by atoms with Crippen LogP contribution in [-0.2, 0) is 6.42 Å². The van der Waals surface area contributed by atoms with Gasteiger partial charge in [-0.15, -0.1) is 22.9 Å². The fourth-order valence-electron chi connectivity index (χ4n) is 3.40. The number of aromatic nitrogens is 1. The fraction of sp³-hybridized carbons (Fsp3) is 0.769. The summed E-state index contributed by atoms with van der Waals surface area (Å²) in [6.45, 7) is 0. The summed E-state index contributed by atoms with van der Waals surface area (Å²) in [4.78, 5) is 4.81. The summed E-state index contributed by atoms with van der Waals surface area (Å²) in [7, 11) is 0. The molecule has 0 saturated heterocycles. The minimum absolute atomic E-state index is 0.751. The zero-order chi connectivity index (χ0) is 11.0. The topological polar surface area (TPSA) is 12.9 Å². The Morgan fingerprint density at radius 3 is 3.00 bits per heavy atom. The number of fused-ring (bicyclic) bond motifs is 2. The predicted molar refractivity (Wildman–Crippen MR) is 69.3 cm³/mol. The average molecular weight is 256 g/mol. The minimum atomic E-state index is 0.751. The van der Waals surface area contributed by atoms with E-state index in [1.54, 1.807) is 0 Å². The molecule has 2 aliphatic carbocycles. The first-order valence-corrected chi connectivity index (χ1v) is 7.78. The molecule has 1 heterocycles. The Bertz CT molecular complexity index is 363. The summed E-state index contributed by atoms with van der Waals surface area (Å²) < 4.78 is 0. The summed E-state index contributed by atoms with van der Waals surface area (Å²) >= 11 is 7.60. The van der Waals surface area contributed by atoms with E-state index in [-0.39, 0.29) is 0 Å². The molecular weight excluding hydrogens is 238 g/mol. The van der Waals surface area contributed by atoms with Gasteiger partial charge in [0.25, 0.3) is 0 Å². The van der Waals surface area contributed by atoms with Crippen molar-refractivity contribution in [2.75, 3.05) is 5.88 Å². The number of hydrogen-bond donors (Lipinski definition) is 0. The maximum Gasteiger partial charge on any atom is 0.0962 e. The van der Waals surface area contributed by atoms with E-state index in [0.717, 1.165) is 36.5 Å². The second-order valence-corrected chi connectivity index (χ2v) is 6.52. The van der Waals surface area contributed by atoms with Crippen LogP contribution in [0, 0.1) is 11.8 Å². The molecule has 0 aliphatic heterocycles. The first-order valence-electron chi connectivity index (χ1n) is 6.37. The molecule has 3 unspecified atom stereocenters. The summed E-state index contributed by atoms with van der Waals surface area (Å²) in [5.74, 6) is 3.52. The Hall–Kier alpha value is -0.0800. The molecule has 0 amide bonds. The van der Waals surface area contributed by atoms with E-state index in [9.17, 15) is 0 Å². The van der Waals surface area contributed by atoms with Gasteiger partial charge in [-0.2, -0.15) is 0 Å². The molecule has 0 spiro atoms. The summed E-state index contributed by atoms with van der Waals surface area (Å²) in [6, 6.07) is 0. The zero-order valence-electron chi connectivity index (χ0n) is 9.49. The van der Waals surface area contributed by atoms with Gasteiger partial charge in [0, 0.05) is 17.2 Å². The largest absolute Gasteiger partial charge is 0.246 e. The molecule has 1 aromatic rings. The molecule has 2 aliphatic rings. The van der Waals surface area contributed by atoms with Gasteiger partial charge in [-0.25, -0.2) is 4.98 Å². The lowest BCUT2D eigenvalue weighted by Crippen LogP contribution is -2.08. The van der Waals surface area contributed by atoms with Crippen molar-refractivity contribution in [2.45, 2.75) is 44.4 Å². The van der Waals surface area contributed by atoms with E-state index >= 15 is 0 Å². The highest BCUT2D eigenvalue weighted by molar-refractivity contribution is 7.09. The molecule has 88 valence electrons. The van der Waals surface area contributed by atoms with Crippen LogP contribution in [0.1, 0.15) is 48.7 Å². The van der Waals surface area contributed by atoms with Gasteiger partial charge in [0.2, 0.25) is 0 Å². The number of rotatable bonds is 4. The van der Waals surface area contributed by atoms with Crippen LogP contribution in [0.3, 0.4) is 0 Å². The van der Waals surface area contributed by atoms with Crippen molar-refractivity contribution >= 4 is 22.9 Å².